The van der Waals surface area contributed by atoms with Gasteiger partial charge in [-0.15, -0.1) is 0 Å². The van der Waals surface area contributed by atoms with E-state index in [9.17, 15) is 0 Å². The monoisotopic (exact) mass is 254 g/mol. The zero-order valence-corrected chi connectivity index (χ0v) is 11.1. The van der Waals surface area contributed by atoms with Crippen LogP contribution in [0.4, 0.5) is 11.4 Å². The molecule has 0 atom stereocenters. The van der Waals surface area contributed by atoms with Crippen molar-refractivity contribution in [1.29, 1.82) is 0 Å². The zero-order valence-electron chi connectivity index (χ0n) is 10.4. The summed E-state index contributed by atoms with van der Waals surface area (Å²) in [5, 5.41) is 0.397. The number of halogens is 1. The molecule has 4 nitrogen and oxygen atoms in total. The first kappa shape index (κ1) is 12.5. The van der Waals surface area contributed by atoms with Crippen molar-refractivity contribution in [3.05, 3.63) is 17.4 Å². The summed E-state index contributed by atoms with van der Waals surface area (Å²) in [5.74, 6) is 0. The van der Waals surface area contributed by atoms with Gasteiger partial charge in [-0.1, -0.05) is 11.6 Å². The fourth-order valence-corrected chi connectivity index (χ4v) is 2.35. The largest absolute Gasteiger partial charge is 0.395 e. The average Bonchev–Trinajstić information content (AvgIpc) is 2.33. The molecule has 1 aliphatic heterocycles. The number of nitrogens with zero attached hydrogens (tertiary/aromatic N) is 3. The van der Waals surface area contributed by atoms with Crippen LogP contribution in [0, 0.1) is 0 Å². The highest BCUT2D eigenvalue weighted by atomic mass is 35.5. The van der Waals surface area contributed by atoms with E-state index >= 15 is 0 Å². The van der Waals surface area contributed by atoms with Gasteiger partial charge in [0, 0.05) is 38.4 Å². The van der Waals surface area contributed by atoms with E-state index < -0.39 is 0 Å². The third-order valence-corrected chi connectivity index (χ3v) is 3.60. The van der Waals surface area contributed by atoms with Crippen LogP contribution in [0.3, 0.4) is 0 Å². The molecule has 1 aromatic rings. The number of nitrogens with two attached hydrogens (primary N) is 1. The van der Waals surface area contributed by atoms with E-state index in [1.807, 2.05) is 6.07 Å². The van der Waals surface area contributed by atoms with Crippen molar-refractivity contribution in [3.63, 3.8) is 0 Å². The lowest BCUT2D eigenvalue weighted by Crippen LogP contribution is -2.49. The molecule has 1 saturated heterocycles. The smallest absolute Gasteiger partial charge is 0.154 e. The van der Waals surface area contributed by atoms with Gasteiger partial charge in [-0.3, -0.25) is 4.90 Å². The molecule has 5 heteroatoms. The van der Waals surface area contributed by atoms with Crippen molar-refractivity contribution in [2.75, 3.05) is 36.8 Å². The minimum Gasteiger partial charge on any atom is -0.395 e. The summed E-state index contributed by atoms with van der Waals surface area (Å²) in [7, 11) is 0. The SMILES string of the molecule is CC(C)N1CCN(c2ccnc(Cl)c2N)CC1. The molecule has 0 saturated carbocycles. The molecule has 2 N–H and O–H groups in total. The van der Waals surface area contributed by atoms with E-state index in [-0.39, 0.29) is 0 Å². The van der Waals surface area contributed by atoms with E-state index in [1.165, 1.54) is 0 Å². The minimum absolute atomic E-state index is 0.397. The molecule has 0 aliphatic carbocycles. The number of rotatable bonds is 2. The Bertz CT molecular complexity index is 386. The third kappa shape index (κ3) is 2.64. The van der Waals surface area contributed by atoms with Gasteiger partial charge in [0.1, 0.15) is 0 Å². The Morgan fingerprint density at radius 2 is 1.94 bits per heavy atom. The zero-order chi connectivity index (χ0) is 12.4. The molecular weight excluding hydrogens is 236 g/mol. The Hall–Kier alpha value is -1.00. The second-order valence-electron chi connectivity index (χ2n) is 4.65. The summed E-state index contributed by atoms with van der Waals surface area (Å²) in [5.41, 5.74) is 7.56. The fraction of sp³-hybridized carbons (Fsp3) is 0.583. The molecule has 94 valence electrons. The molecule has 2 heterocycles. The molecule has 0 spiro atoms. The number of hydrogen-bond acceptors (Lipinski definition) is 4. The Kier molecular flexibility index (Phi) is 3.74. The van der Waals surface area contributed by atoms with Gasteiger partial charge in [0.15, 0.2) is 5.15 Å². The number of nitrogen functional groups attached to an aromatic ring is 1. The van der Waals surface area contributed by atoms with Gasteiger partial charge in [0.05, 0.1) is 11.4 Å². The Balaban J connectivity index is 2.08. The van der Waals surface area contributed by atoms with Crippen LogP contribution in [-0.4, -0.2) is 42.1 Å². The lowest BCUT2D eigenvalue weighted by Gasteiger charge is -2.38. The highest BCUT2D eigenvalue weighted by Gasteiger charge is 2.20. The van der Waals surface area contributed by atoms with E-state index in [0.717, 1.165) is 31.9 Å². The molecular formula is C12H19ClN4. The second kappa shape index (κ2) is 5.10. The standard InChI is InChI=1S/C12H19ClN4/c1-9(2)16-5-7-17(8-6-16)10-3-4-15-12(13)11(10)14/h3-4,9H,5-8,14H2,1-2H3. The van der Waals surface area contributed by atoms with Crippen LogP contribution < -0.4 is 10.6 Å². The third-order valence-electron chi connectivity index (χ3n) is 3.30. The van der Waals surface area contributed by atoms with Crippen LogP contribution in [0.5, 0.6) is 0 Å². The molecule has 0 bridgehead atoms. The Labute approximate surface area is 107 Å². The summed E-state index contributed by atoms with van der Waals surface area (Å²) in [6.07, 6.45) is 1.71. The van der Waals surface area contributed by atoms with Crippen LogP contribution in [0.1, 0.15) is 13.8 Å². The van der Waals surface area contributed by atoms with E-state index in [0.29, 0.717) is 16.9 Å². The molecule has 1 aliphatic rings. The Morgan fingerprint density at radius 1 is 1.29 bits per heavy atom. The lowest BCUT2D eigenvalue weighted by atomic mass is 10.2. The fourth-order valence-electron chi connectivity index (χ4n) is 2.19. The second-order valence-corrected chi connectivity index (χ2v) is 5.01. The van der Waals surface area contributed by atoms with Gasteiger partial charge >= 0.3 is 0 Å². The van der Waals surface area contributed by atoms with Gasteiger partial charge in [-0.2, -0.15) is 0 Å². The number of hydrogen-bond donors (Lipinski definition) is 1. The van der Waals surface area contributed by atoms with Crippen molar-refractivity contribution >= 4 is 23.0 Å². The number of anilines is 2. The van der Waals surface area contributed by atoms with Gasteiger partial charge in [0.25, 0.3) is 0 Å². The number of piperazine rings is 1. The van der Waals surface area contributed by atoms with Crippen molar-refractivity contribution in [1.82, 2.24) is 9.88 Å². The van der Waals surface area contributed by atoms with E-state index in [1.54, 1.807) is 6.20 Å². The maximum absolute atomic E-state index is 5.96. The summed E-state index contributed by atoms with van der Waals surface area (Å²) >= 11 is 5.94. The number of pyridine rings is 1. The molecule has 1 aromatic heterocycles. The van der Waals surface area contributed by atoms with E-state index in [4.69, 9.17) is 17.3 Å². The van der Waals surface area contributed by atoms with Crippen LogP contribution in [0.25, 0.3) is 0 Å². The summed E-state index contributed by atoms with van der Waals surface area (Å²) in [6, 6.07) is 2.54. The first-order valence-electron chi connectivity index (χ1n) is 5.98. The number of aromatic nitrogens is 1. The predicted octanol–water partition coefficient (Wildman–Crippen LogP) is 1.85. The van der Waals surface area contributed by atoms with Gasteiger partial charge in [-0.25, -0.2) is 4.98 Å². The normalized spacial score (nSPS) is 17.8. The predicted molar refractivity (Wildman–Crippen MR) is 72.6 cm³/mol. The van der Waals surface area contributed by atoms with E-state index in [2.05, 4.69) is 28.6 Å². The van der Waals surface area contributed by atoms with Crippen molar-refractivity contribution in [2.24, 2.45) is 0 Å². The van der Waals surface area contributed by atoms with Crippen LogP contribution in [-0.2, 0) is 0 Å². The Morgan fingerprint density at radius 3 is 2.53 bits per heavy atom. The van der Waals surface area contributed by atoms with Crippen molar-refractivity contribution in [2.45, 2.75) is 19.9 Å². The molecule has 17 heavy (non-hydrogen) atoms. The maximum Gasteiger partial charge on any atom is 0.154 e. The van der Waals surface area contributed by atoms with Gasteiger partial charge < -0.3 is 10.6 Å². The average molecular weight is 255 g/mol. The molecule has 0 unspecified atom stereocenters. The summed E-state index contributed by atoms with van der Waals surface area (Å²) in [6.45, 7) is 8.57. The lowest BCUT2D eigenvalue weighted by molar-refractivity contribution is 0.209. The maximum atomic E-state index is 5.96. The van der Waals surface area contributed by atoms with Gasteiger partial charge in [-0.05, 0) is 19.9 Å². The van der Waals surface area contributed by atoms with Crippen LogP contribution in [0.15, 0.2) is 12.3 Å². The molecule has 0 radical (unpaired) electrons. The van der Waals surface area contributed by atoms with Crippen LogP contribution in [0.2, 0.25) is 5.15 Å². The van der Waals surface area contributed by atoms with Gasteiger partial charge in [0.2, 0.25) is 0 Å². The molecule has 0 amide bonds. The first-order chi connectivity index (χ1) is 8.09. The minimum atomic E-state index is 0.397. The summed E-state index contributed by atoms with van der Waals surface area (Å²) in [4.78, 5) is 8.73. The summed E-state index contributed by atoms with van der Waals surface area (Å²) < 4.78 is 0. The molecule has 1 fully saturated rings. The highest BCUT2D eigenvalue weighted by molar-refractivity contribution is 6.32. The quantitative estimate of drug-likeness (QED) is 0.819. The first-order valence-corrected chi connectivity index (χ1v) is 6.36. The topological polar surface area (TPSA) is 45.4 Å². The van der Waals surface area contributed by atoms with Crippen molar-refractivity contribution in [3.8, 4) is 0 Å². The van der Waals surface area contributed by atoms with Crippen molar-refractivity contribution < 1.29 is 0 Å². The molecule has 2 rings (SSSR count). The molecule has 0 aromatic carbocycles. The van der Waals surface area contributed by atoms with Crippen LogP contribution >= 0.6 is 11.6 Å². The highest BCUT2D eigenvalue weighted by Crippen LogP contribution is 2.28.